The topological polar surface area (TPSA) is 15.3 Å². The Balaban J connectivity index is 2.07. The van der Waals surface area contributed by atoms with Crippen LogP contribution in [0.5, 0.6) is 0 Å². The maximum atomic E-state index is 3.46. The lowest BCUT2D eigenvalue weighted by Gasteiger charge is -2.22. The quantitative estimate of drug-likeness (QED) is 0.896. The first-order valence-corrected chi connectivity index (χ1v) is 7.26. The van der Waals surface area contributed by atoms with Crippen molar-refractivity contribution in [2.24, 2.45) is 0 Å². The summed E-state index contributed by atoms with van der Waals surface area (Å²) in [5.41, 5.74) is 8.32. The van der Waals surface area contributed by atoms with Gasteiger partial charge in [0.1, 0.15) is 0 Å². The largest absolute Gasteiger partial charge is 0.378 e. The molecule has 3 rings (SSSR count). The third-order valence-electron chi connectivity index (χ3n) is 4.05. The Kier molecular flexibility index (Phi) is 3.49. The molecule has 0 saturated carbocycles. The van der Waals surface area contributed by atoms with Gasteiger partial charge in [0, 0.05) is 26.3 Å². The van der Waals surface area contributed by atoms with E-state index in [1.807, 2.05) is 0 Å². The number of aryl methyl sites for hydroxylation is 1. The van der Waals surface area contributed by atoms with Gasteiger partial charge >= 0.3 is 0 Å². The molecule has 0 aliphatic carbocycles. The molecule has 2 nitrogen and oxygen atoms in total. The minimum atomic E-state index is 1.000. The van der Waals surface area contributed by atoms with Crippen LogP contribution in [0.4, 0.5) is 5.69 Å². The Morgan fingerprint density at radius 2 is 1.80 bits per heavy atom. The summed E-state index contributed by atoms with van der Waals surface area (Å²) in [5.74, 6) is 0. The number of hydrogen-bond acceptors (Lipinski definition) is 2. The van der Waals surface area contributed by atoms with Gasteiger partial charge in [0.25, 0.3) is 0 Å². The molecule has 1 aliphatic rings. The zero-order valence-corrected chi connectivity index (χ0v) is 12.5. The van der Waals surface area contributed by atoms with Crippen LogP contribution in [-0.2, 0) is 13.0 Å². The standard InChI is InChI=1S/C18H22N2/c1-13-10-15-12-19-9-8-17(15)18(11-13)14-4-6-16(7-5-14)20(2)3/h4-7,10-11,19H,8-9,12H2,1-3H3. The predicted molar refractivity (Wildman–Crippen MR) is 86.4 cm³/mol. The van der Waals surface area contributed by atoms with Gasteiger partial charge < -0.3 is 10.2 Å². The number of nitrogens with one attached hydrogen (secondary N) is 1. The molecule has 1 N–H and O–H groups in total. The van der Waals surface area contributed by atoms with E-state index in [1.165, 1.54) is 33.5 Å². The van der Waals surface area contributed by atoms with Crippen LogP contribution < -0.4 is 10.2 Å². The van der Waals surface area contributed by atoms with Crippen molar-refractivity contribution in [3.63, 3.8) is 0 Å². The van der Waals surface area contributed by atoms with Gasteiger partial charge in [-0.25, -0.2) is 0 Å². The van der Waals surface area contributed by atoms with E-state index in [2.05, 4.69) is 67.6 Å². The summed E-state index contributed by atoms with van der Waals surface area (Å²) >= 11 is 0. The molecule has 20 heavy (non-hydrogen) atoms. The van der Waals surface area contributed by atoms with Gasteiger partial charge in [-0.3, -0.25) is 0 Å². The summed E-state index contributed by atoms with van der Waals surface area (Å²) in [6, 6.07) is 13.5. The van der Waals surface area contributed by atoms with Gasteiger partial charge in [-0.05, 0) is 54.3 Å². The van der Waals surface area contributed by atoms with Crippen LogP contribution in [0.3, 0.4) is 0 Å². The summed E-state index contributed by atoms with van der Waals surface area (Å²) in [5, 5.41) is 3.46. The van der Waals surface area contributed by atoms with Crippen LogP contribution >= 0.6 is 0 Å². The van der Waals surface area contributed by atoms with E-state index in [-0.39, 0.29) is 0 Å². The fourth-order valence-corrected chi connectivity index (χ4v) is 2.98. The Hall–Kier alpha value is -1.80. The predicted octanol–water partition coefficient (Wildman–Crippen LogP) is 3.37. The average molecular weight is 266 g/mol. The smallest absolute Gasteiger partial charge is 0.0361 e. The third kappa shape index (κ3) is 2.44. The van der Waals surface area contributed by atoms with Crippen molar-refractivity contribution >= 4 is 5.69 Å². The molecule has 104 valence electrons. The van der Waals surface area contributed by atoms with Crippen LogP contribution in [0.1, 0.15) is 16.7 Å². The van der Waals surface area contributed by atoms with Crippen LogP contribution in [0, 0.1) is 6.92 Å². The zero-order valence-electron chi connectivity index (χ0n) is 12.5. The number of hydrogen-bond donors (Lipinski definition) is 1. The Bertz CT molecular complexity index is 612. The SMILES string of the molecule is Cc1cc2c(c(-c3ccc(N(C)C)cc3)c1)CCNC2. The van der Waals surface area contributed by atoms with Crippen molar-refractivity contribution < 1.29 is 0 Å². The normalized spacial score (nSPS) is 13.9. The molecular weight excluding hydrogens is 244 g/mol. The van der Waals surface area contributed by atoms with Gasteiger partial charge in [-0.1, -0.05) is 29.8 Å². The molecule has 0 radical (unpaired) electrons. The second-order valence-electron chi connectivity index (χ2n) is 5.82. The maximum absolute atomic E-state index is 3.46. The van der Waals surface area contributed by atoms with Crippen LogP contribution in [-0.4, -0.2) is 20.6 Å². The highest BCUT2D eigenvalue weighted by Crippen LogP contribution is 2.31. The number of anilines is 1. The molecule has 1 heterocycles. The molecule has 0 saturated heterocycles. The van der Waals surface area contributed by atoms with Crippen molar-refractivity contribution in [3.8, 4) is 11.1 Å². The van der Waals surface area contributed by atoms with Crippen LogP contribution in [0.25, 0.3) is 11.1 Å². The van der Waals surface area contributed by atoms with Crippen LogP contribution in [0.15, 0.2) is 36.4 Å². The number of nitrogens with zero attached hydrogens (tertiary/aromatic N) is 1. The summed E-state index contributed by atoms with van der Waals surface area (Å²) in [4.78, 5) is 2.14. The summed E-state index contributed by atoms with van der Waals surface area (Å²) in [6.07, 6.45) is 1.13. The van der Waals surface area contributed by atoms with Gasteiger partial charge in [0.2, 0.25) is 0 Å². The van der Waals surface area contributed by atoms with Gasteiger partial charge in [0.15, 0.2) is 0 Å². The highest BCUT2D eigenvalue weighted by atomic mass is 15.1. The highest BCUT2D eigenvalue weighted by molar-refractivity contribution is 5.72. The summed E-state index contributed by atoms with van der Waals surface area (Å²) < 4.78 is 0. The lowest BCUT2D eigenvalue weighted by Crippen LogP contribution is -2.24. The molecule has 0 spiro atoms. The first-order chi connectivity index (χ1) is 9.65. The molecule has 1 aliphatic heterocycles. The molecular formula is C18H22N2. The first-order valence-electron chi connectivity index (χ1n) is 7.26. The molecule has 0 atom stereocenters. The Morgan fingerprint density at radius 3 is 2.50 bits per heavy atom. The van der Waals surface area contributed by atoms with E-state index in [4.69, 9.17) is 0 Å². The molecule has 0 fully saturated rings. The molecule has 2 aromatic rings. The van der Waals surface area contributed by atoms with Crippen molar-refractivity contribution in [2.75, 3.05) is 25.5 Å². The Labute approximate surface area is 121 Å². The molecule has 0 unspecified atom stereocenters. The second kappa shape index (κ2) is 5.29. The Morgan fingerprint density at radius 1 is 1.05 bits per heavy atom. The van der Waals surface area contributed by atoms with E-state index in [0.29, 0.717) is 0 Å². The van der Waals surface area contributed by atoms with Crippen molar-refractivity contribution in [1.82, 2.24) is 5.32 Å². The number of fused-ring (bicyclic) bond motifs is 1. The highest BCUT2D eigenvalue weighted by Gasteiger charge is 2.14. The van der Waals surface area contributed by atoms with Gasteiger partial charge in [-0.2, -0.15) is 0 Å². The third-order valence-corrected chi connectivity index (χ3v) is 4.05. The zero-order chi connectivity index (χ0) is 14.1. The number of benzene rings is 2. The minimum Gasteiger partial charge on any atom is -0.378 e. The van der Waals surface area contributed by atoms with Crippen LogP contribution in [0.2, 0.25) is 0 Å². The lowest BCUT2D eigenvalue weighted by atomic mass is 9.89. The molecule has 2 aromatic carbocycles. The maximum Gasteiger partial charge on any atom is 0.0361 e. The monoisotopic (exact) mass is 266 g/mol. The van der Waals surface area contributed by atoms with E-state index in [1.54, 1.807) is 0 Å². The summed E-state index contributed by atoms with van der Waals surface area (Å²) in [6.45, 7) is 4.27. The lowest BCUT2D eigenvalue weighted by molar-refractivity contribution is 0.644. The molecule has 0 bridgehead atoms. The van der Waals surface area contributed by atoms with E-state index in [9.17, 15) is 0 Å². The van der Waals surface area contributed by atoms with Gasteiger partial charge in [0.05, 0.1) is 0 Å². The fraction of sp³-hybridized carbons (Fsp3) is 0.333. The first kappa shape index (κ1) is 13.2. The van der Waals surface area contributed by atoms with E-state index < -0.39 is 0 Å². The number of rotatable bonds is 2. The second-order valence-corrected chi connectivity index (χ2v) is 5.82. The summed E-state index contributed by atoms with van der Waals surface area (Å²) in [7, 11) is 4.16. The fourth-order valence-electron chi connectivity index (χ4n) is 2.98. The van der Waals surface area contributed by atoms with E-state index >= 15 is 0 Å². The van der Waals surface area contributed by atoms with Crippen molar-refractivity contribution in [3.05, 3.63) is 53.1 Å². The van der Waals surface area contributed by atoms with Gasteiger partial charge in [-0.15, -0.1) is 0 Å². The minimum absolute atomic E-state index is 1.000. The van der Waals surface area contributed by atoms with E-state index in [0.717, 1.165) is 19.5 Å². The molecule has 2 heteroatoms. The molecule has 0 amide bonds. The molecule has 0 aromatic heterocycles. The average Bonchev–Trinajstić information content (AvgIpc) is 2.46. The van der Waals surface area contributed by atoms with Crippen molar-refractivity contribution in [2.45, 2.75) is 19.9 Å². The van der Waals surface area contributed by atoms with Crippen molar-refractivity contribution in [1.29, 1.82) is 0 Å².